The second-order valence-electron chi connectivity index (χ2n) is 7.01. The normalized spacial score (nSPS) is 16.7. The molecule has 1 aliphatic heterocycles. The van der Waals surface area contributed by atoms with Crippen LogP contribution in [0.3, 0.4) is 0 Å². The topological polar surface area (TPSA) is 57.6 Å². The number of hydrogen-bond acceptors (Lipinski definition) is 3. The highest BCUT2D eigenvalue weighted by molar-refractivity contribution is 8.01. The van der Waals surface area contributed by atoms with E-state index in [9.17, 15) is 9.59 Å². The minimum Gasteiger partial charge on any atom is -0.481 e. The molecule has 0 saturated heterocycles. The van der Waals surface area contributed by atoms with Crippen molar-refractivity contribution in [3.63, 3.8) is 0 Å². The monoisotopic (exact) mass is 369 g/mol. The first-order chi connectivity index (χ1) is 12.4. The van der Waals surface area contributed by atoms with Gasteiger partial charge in [-0.25, -0.2) is 0 Å². The molecule has 3 rings (SSSR count). The number of aliphatic carboxylic acids is 1. The van der Waals surface area contributed by atoms with Gasteiger partial charge in [-0.05, 0) is 35.6 Å². The number of carboxylic acid groups (broad SMARTS) is 1. The second-order valence-corrected chi connectivity index (χ2v) is 8.26. The van der Waals surface area contributed by atoms with Crippen LogP contribution in [0.15, 0.2) is 53.4 Å². The number of amides is 1. The van der Waals surface area contributed by atoms with E-state index in [2.05, 4.69) is 38.1 Å². The van der Waals surface area contributed by atoms with Gasteiger partial charge in [0, 0.05) is 4.90 Å². The Labute approximate surface area is 158 Å². The molecule has 1 heterocycles. The Morgan fingerprint density at radius 1 is 1.12 bits per heavy atom. The van der Waals surface area contributed by atoms with Gasteiger partial charge in [0.15, 0.2) is 0 Å². The largest absolute Gasteiger partial charge is 0.481 e. The van der Waals surface area contributed by atoms with Crippen LogP contribution in [-0.2, 0) is 22.6 Å². The van der Waals surface area contributed by atoms with Crippen LogP contribution in [0.1, 0.15) is 31.4 Å². The van der Waals surface area contributed by atoms with Gasteiger partial charge in [-0.2, -0.15) is 0 Å². The average Bonchev–Trinajstić information content (AvgIpc) is 2.59. The van der Waals surface area contributed by atoms with Crippen molar-refractivity contribution in [2.45, 2.75) is 43.4 Å². The van der Waals surface area contributed by atoms with Gasteiger partial charge in [-0.15, -0.1) is 11.8 Å². The lowest BCUT2D eigenvalue weighted by molar-refractivity contribution is -0.138. The molecular weight excluding hydrogens is 346 g/mol. The highest BCUT2D eigenvalue weighted by atomic mass is 32.2. The molecule has 0 bridgehead atoms. The van der Waals surface area contributed by atoms with Crippen LogP contribution in [0.4, 0.5) is 5.69 Å². The zero-order chi connectivity index (χ0) is 18.7. The lowest BCUT2D eigenvalue weighted by atomic mass is 10.0. The third kappa shape index (κ3) is 4.28. The molecule has 1 aliphatic rings. The number of para-hydroxylation sites is 1. The number of benzene rings is 2. The number of rotatable bonds is 6. The molecule has 2 aromatic rings. The molecule has 5 heteroatoms. The maximum absolute atomic E-state index is 12.9. The van der Waals surface area contributed by atoms with Crippen LogP contribution in [-0.4, -0.2) is 22.2 Å². The van der Waals surface area contributed by atoms with Crippen molar-refractivity contribution in [1.82, 2.24) is 0 Å². The molecule has 0 aromatic heterocycles. The number of fused-ring (bicyclic) bond motifs is 1. The Balaban J connectivity index is 1.84. The summed E-state index contributed by atoms with van der Waals surface area (Å²) in [6.07, 6.45) is 0.866. The van der Waals surface area contributed by atoms with Crippen LogP contribution < -0.4 is 4.90 Å². The van der Waals surface area contributed by atoms with Crippen molar-refractivity contribution in [2.75, 3.05) is 4.90 Å². The molecule has 1 unspecified atom stereocenters. The summed E-state index contributed by atoms with van der Waals surface area (Å²) < 4.78 is 0. The number of carbonyl (C=O) groups excluding carboxylic acids is 1. The third-order valence-electron chi connectivity index (χ3n) is 4.33. The van der Waals surface area contributed by atoms with Crippen molar-refractivity contribution < 1.29 is 14.7 Å². The zero-order valence-electron chi connectivity index (χ0n) is 15.0. The Morgan fingerprint density at radius 2 is 1.77 bits per heavy atom. The number of carbonyl (C=O) groups is 2. The Hall–Kier alpha value is -2.27. The van der Waals surface area contributed by atoms with E-state index in [1.807, 2.05) is 24.3 Å². The minimum absolute atomic E-state index is 0.137. The van der Waals surface area contributed by atoms with Crippen LogP contribution in [0.25, 0.3) is 0 Å². The van der Waals surface area contributed by atoms with Gasteiger partial charge in [-0.3, -0.25) is 9.59 Å². The molecule has 136 valence electrons. The van der Waals surface area contributed by atoms with Gasteiger partial charge >= 0.3 is 5.97 Å². The first kappa shape index (κ1) is 18.5. The standard InChI is InChI=1S/C21H23NO3S/c1-14(2)11-15-7-9-16(10-8-15)13-22-17-5-3-4-6-18(17)26-19(21(22)25)12-20(23)24/h3-10,14,19H,11-13H2,1-2H3,(H,23,24). The van der Waals surface area contributed by atoms with Crippen molar-refractivity contribution in [3.8, 4) is 0 Å². The van der Waals surface area contributed by atoms with Gasteiger partial charge < -0.3 is 10.0 Å². The molecule has 0 spiro atoms. The molecule has 0 fully saturated rings. The summed E-state index contributed by atoms with van der Waals surface area (Å²) in [5.41, 5.74) is 3.19. The molecule has 0 radical (unpaired) electrons. The number of hydrogen-bond donors (Lipinski definition) is 1. The smallest absolute Gasteiger partial charge is 0.305 e. The van der Waals surface area contributed by atoms with E-state index in [0.29, 0.717) is 12.5 Å². The molecule has 0 saturated carbocycles. The SMILES string of the molecule is CC(C)Cc1ccc(CN2C(=O)C(CC(=O)O)Sc3ccccc32)cc1. The summed E-state index contributed by atoms with van der Waals surface area (Å²) in [6.45, 7) is 4.84. The number of anilines is 1. The average molecular weight is 369 g/mol. The summed E-state index contributed by atoms with van der Waals surface area (Å²) in [5, 5.41) is 8.54. The molecule has 4 nitrogen and oxygen atoms in total. The van der Waals surface area contributed by atoms with E-state index in [1.165, 1.54) is 17.3 Å². The lowest BCUT2D eigenvalue weighted by Crippen LogP contribution is -2.41. The van der Waals surface area contributed by atoms with E-state index < -0.39 is 11.2 Å². The predicted molar refractivity (Wildman–Crippen MR) is 105 cm³/mol. The van der Waals surface area contributed by atoms with Crippen molar-refractivity contribution >= 4 is 29.3 Å². The third-order valence-corrected chi connectivity index (χ3v) is 5.59. The van der Waals surface area contributed by atoms with Gasteiger partial charge in [0.1, 0.15) is 0 Å². The van der Waals surface area contributed by atoms with Crippen LogP contribution in [0.5, 0.6) is 0 Å². The number of thioether (sulfide) groups is 1. The summed E-state index contributed by atoms with van der Waals surface area (Å²) in [7, 11) is 0. The van der Waals surface area contributed by atoms with E-state index >= 15 is 0 Å². The fourth-order valence-electron chi connectivity index (χ4n) is 3.16. The second kappa shape index (κ2) is 7.96. The summed E-state index contributed by atoms with van der Waals surface area (Å²) in [4.78, 5) is 26.7. The van der Waals surface area contributed by atoms with E-state index in [-0.39, 0.29) is 12.3 Å². The maximum Gasteiger partial charge on any atom is 0.305 e. The van der Waals surface area contributed by atoms with Gasteiger partial charge in [0.2, 0.25) is 5.91 Å². The van der Waals surface area contributed by atoms with Crippen molar-refractivity contribution in [3.05, 3.63) is 59.7 Å². The summed E-state index contributed by atoms with van der Waals surface area (Å²) in [5.74, 6) is -0.485. The molecule has 1 atom stereocenters. The fraction of sp³-hybridized carbons (Fsp3) is 0.333. The minimum atomic E-state index is -0.951. The predicted octanol–water partition coefficient (Wildman–Crippen LogP) is 4.37. The fourth-order valence-corrected chi connectivity index (χ4v) is 4.38. The first-order valence-corrected chi connectivity index (χ1v) is 9.68. The zero-order valence-corrected chi connectivity index (χ0v) is 15.8. The highest BCUT2D eigenvalue weighted by Crippen LogP contribution is 2.40. The van der Waals surface area contributed by atoms with E-state index in [4.69, 9.17) is 5.11 Å². The Bertz CT molecular complexity index is 801. The van der Waals surface area contributed by atoms with Gasteiger partial charge in [-0.1, -0.05) is 50.2 Å². The van der Waals surface area contributed by atoms with Crippen LogP contribution in [0.2, 0.25) is 0 Å². The first-order valence-electron chi connectivity index (χ1n) is 8.80. The van der Waals surface area contributed by atoms with Gasteiger partial charge in [0.05, 0.1) is 23.9 Å². The number of nitrogens with zero attached hydrogens (tertiary/aromatic N) is 1. The van der Waals surface area contributed by atoms with Crippen molar-refractivity contribution in [1.29, 1.82) is 0 Å². The molecule has 1 N–H and O–H groups in total. The van der Waals surface area contributed by atoms with Crippen molar-refractivity contribution in [2.24, 2.45) is 5.92 Å². The van der Waals surface area contributed by atoms with Crippen LogP contribution >= 0.6 is 11.8 Å². The van der Waals surface area contributed by atoms with Gasteiger partial charge in [0.25, 0.3) is 0 Å². The van der Waals surface area contributed by atoms with Crippen LogP contribution in [0, 0.1) is 5.92 Å². The summed E-state index contributed by atoms with van der Waals surface area (Å²) >= 11 is 1.34. The molecule has 0 aliphatic carbocycles. The Morgan fingerprint density at radius 3 is 2.42 bits per heavy atom. The Kier molecular flexibility index (Phi) is 5.67. The highest BCUT2D eigenvalue weighted by Gasteiger charge is 2.34. The maximum atomic E-state index is 12.9. The molecule has 26 heavy (non-hydrogen) atoms. The summed E-state index contributed by atoms with van der Waals surface area (Å²) in [6, 6.07) is 16.0. The van der Waals surface area contributed by atoms with E-state index in [1.54, 1.807) is 4.90 Å². The molecular formula is C21H23NO3S. The quantitative estimate of drug-likeness (QED) is 0.821. The lowest BCUT2D eigenvalue weighted by Gasteiger charge is -2.33. The molecule has 1 amide bonds. The molecule has 2 aromatic carbocycles. The van der Waals surface area contributed by atoms with E-state index in [0.717, 1.165) is 22.6 Å². The number of carboxylic acids is 1.